The predicted molar refractivity (Wildman–Crippen MR) is 104 cm³/mol. The molecule has 1 saturated heterocycles. The van der Waals surface area contributed by atoms with Gasteiger partial charge in [0.1, 0.15) is 23.2 Å². The fourth-order valence-corrected chi connectivity index (χ4v) is 3.29. The van der Waals surface area contributed by atoms with E-state index in [1.807, 2.05) is 24.0 Å². The van der Waals surface area contributed by atoms with Gasteiger partial charge in [-0.25, -0.2) is 15.0 Å². The van der Waals surface area contributed by atoms with E-state index in [1.165, 1.54) is 0 Å². The van der Waals surface area contributed by atoms with Crippen molar-refractivity contribution in [3.63, 3.8) is 0 Å². The third-order valence-corrected chi connectivity index (χ3v) is 4.49. The van der Waals surface area contributed by atoms with Crippen LogP contribution in [0.25, 0.3) is 6.08 Å². The van der Waals surface area contributed by atoms with Crippen LogP contribution in [-0.4, -0.2) is 37.3 Å². The average Bonchev–Trinajstić information content (AvgIpc) is 3.38. The molecule has 4 rings (SSSR count). The Kier molecular flexibility index (Phi) is 5.09. The van der Waals surface area contributed by atoms with Crippen molar-refractivity contribution in [3.05, 3.63) is 66.4 Å². The zero-order chi connectivity index (χ0) is 19.3. The normalized spacial score (nSPS) is 16.6. The Labute approximate surface area is 162 Å². The van der Waals surface area contributed by atoms with Crippen LogP contribution in [0, 0.1) is 6.92 Å². The van der Waals surface area contributed by atoms with Crippen LogP contribution in [0.3, 0.4) is 0 Å². The Morgan fingerprint density at radius 2 is 2.25 bits per heavy atom. The van der Waals surface area contributed by atoms with Crippen LogP contribution in [-0.2, 0) is 4.79 Å². The number of hydrogen-bond donors (Lipinski definition) is 1. The molecule has 8 nitrogen and oxygen atoms in total. The molecule has 142 valence electrons. The number of nitrogens with one attached hydrogen (secondary N) is 1. The van der Waals surface area contributed by atoms with Crippen LogP contribution in [0.5, 0.6) is 0 Å². The second-order valence-electron chi connectivity index (χ2n) is 6.48. The van der Waals surface area contributed by atoms with Gasteiger partial charge >= 0.3 is 0 Å². The van der Waals surface area contributed by atoms with E-state index in [0.29, 0.717) is 29.8 Å². The molecular formula is C20H20N6O2. The van der Waals surface area contributed by atoms with Gasteiger partial charge in [-0.05, 0) is 38.0 Å². The maximum Gasteiger partial charge on any atom is 0.247 e. The van der Waals surface area contributed by atoms with Crippen LogP contribution in [0.2, 0.25) is 0 Å². The number of hydrogen-bond acceptors (Lipinski definition) is 7. The van der Waals surface area contributed by atoms with E-state index < -0.39 is 0 Å². The van der Waals surface area contributed by atoms with Crippen molar-refractivity contribution in [2.24, 2.45) is 0 Å². The number of likely N-dealkylation sites (tertiary alicyclic amines) is 1. The van der Waals surface area contributed by atoms with Crippen molar-refractivity contribution in [3.8, 4) is 0 Å². The van der Waals surface area contributed by atoms with E-state index >= 15 is 0 Å². The Balaban J connectivity index is 1.54. The Morgan fingerprint density at radius 3 is 3.04 bits per heavy atom. The molecule has 8 heteroatoms. The van der Waals surface area contributed by atoms with Gasteiger partial charge in [-0.2, -0.15) is 0 Å². The summed E-state index contributed by atoms with van der Waals surface area (Å²) >= 11 is 0. The summed E-state index contributed by atoms with van der Waals surface area (Å²) in [5.41, 5.74) is 0.816. The monoisotopic (exact) mass is 376 g/mol. The molecule has 0 bridgehead atoms. The predicted octanol–water partition coefficient (Wildman–Crippen LogP) is 3.29. The number of furan rings is 1. The van der Waals surface area contributed by atoms with Crippen molar-refractivity contribution in [1.82, 2.24) is 24.8 Å². The number of rotatable bonds is 5. The second-order valence-corrected chi connectivity index (χ2v) is 6.48. The molecule has 1 aliphatic rings. The summed E-state index contributed by atoms with van der Waals surface area (Å²) in [4.78, 5) is 31.8. The fraction of sp³-hybridized carbons (Fsp3) is 0.250. The molecule has 0 aliphatic carbocycles. The summed E-state index contributed by atoms with van der Waals surface area (Å²) < 4.78 is 5.25. The molecule has 1 N–H and O–H groups in total. The van der Waals surface area contributed by atoms with Crippen molar-refractivity contribution in [2.45, 2.75) is 25.8 Å². The summed E-state index contributed by atoms with van der Waals surface area (Å²) in [7, 11) is 0. The molecule has 0 aromatic carbocycles. The minimum atomic E-state index is -0.0853. The highest BCUT2D eigenvalue weighted by atomic mass is 16.3. The Hall–Kier alpha value is -3.55. The molecule has 0 saturated carbocycles. The number of amides is 1. The smallest absolute Gasteiger partial charge is 0.247 e. The van der Waals surface area contributed by atoms with Crippen molar-refractivity contribution in [1.29, 1.82) is 0 Å². The summed E-state index contributed by atoms with van der Waals surface area (Å²) in [5, 5.41) is 3.14. The summed E-state index contributed by atoms with van der Waals surface area (Å²) in [6.45, 7) is 2.53. The van der Waals surface area contributed by atoms with Gasteiger partial charge in [-0.15, -0.1) is 0 Å². The number of nitrogens with zero attached hydrogens (tertiary/aromatic N) is 5. The Morgan fingerprint density at radius 1 is 1.32 bits per heavy atom. The van der Waals surface area contributed by atoms with E-state index in [1.54, 1.807) is 43.1 Å². The molecule has 0 radical (unpaired) electrons. The van der Waals surface area contributed by atoms with Gasteiger partial charge in [0, 0.05) is 31.1 Å². The van der Waals surface area contributed by atoms with Gasteiger partial charge in [-0.3, -0.25) is 9.78 Å². The van der Waals surface area contributed by atoms with Crippen LogP contribution in [0.1, 0.15) is 36.2 Å². The van der Waals surface area contributed by atoms with Gasteiger partial charge < -0.3 is 14.6 Å². The van der Waals surface area contributed by atoms with Crippen LogP contribution >= 0.6 is 0 Å². The molecule has 1 amide bonds. The largest absolute Gasteiger partial charge is 0.465 e. The zero-order valence-electron chi connectivity index (χ0n) is 15.4. The number of anilines is 2. The van der Waals surface area contributed by atoms with Gasteiger partial charge in [0.25, 0.3) is 0 Å². The lowest BCUT2D eigenvalue weighted by atomic mass is 10.1. The highest BCUT2D eigenvalue weighted by Gasteiger charge is 2.30. The first kappa shape index (κ1) is 17.8. The lowest BCUT2D eigenvalue weighted by molar-refractivity contribution is -0.126. The fourth-order valence-electron chi connectivity index (χ4n) is 3.29. The summed E-state index contributed by atoms with van der Waals surface area (Å²) in [6.07, 6.45) is 11.5. The SMILES string of the molecule is Cc1nc(Nc2cnccn2)cc(C2CCCN2C(=O)C=Cc2ccco2)n1. The molecule has 1 aliphatic heterocycles. The van der Waals surface area contributed by atoms with Crippen LogP contribution in [0.4, 0.5) is 11.6 Å². The van der Waals surface area contributed by atoms with Gasteiger partial charge in [0.05, 0.1) is 24.2 Å². The first-order valence-corrected chi connectivity index (χ1v) is 9.10. The van der Waals surface area contributed by atoms with Crippen LogP contribution in [0.15, 0.2) is 53.5 Å². The summed E-state index contributed by atoms with van der Waals surface area (Å²) in [6, 6.07) is 5.38. The number of aryl methyl sites for hydroxylation is 1. The third-order valence-electron chi connectivity index (χ3n) is 4.49. The van der Waals surface area contributed by atoms with E-state index in [4.69, 9.17) is 4.42 Å². The summed E-state index contributed by atoms with van der Waals surface area (Å²) in [5.74, 6) is 2.46. The molecule has 4 heterocycles. The number of carbonyl (C=O) groups excluding carboxylic acids is 1. The highest BCUT2D eigenvalue weighted by Crippen LogP contribution is 2.32. The highest BCUT2D eigenvalue weighted by molar-refractivity contribution is 5.91. The molecule has 1 atom stereocenters. The quantitative estimate of drug-likeness (QED) is 0.682. The third kappa shape index (κ3) is 4.06. The van der Waals surface area contributed by atoms with E-state index in [9.17, 15) is 4.79 Å². The van der Waals surface area contributed by atoms with Crippen molar-refractivity contribution in [2.75, 3.05) is 11.9 Å². The van der Waals surface area contributed by atoms with Gasteiger partial charge in [0.15, 0.2) is 0 Å². The topological polar surface area (TPSA) is 97.0 Å². The zero-order valence-corrected chi connectivity index (χ0v) is 15.4. The molecule has 1 fully saturated rings. The number of carbonyl (C=O) groups is 1. The van der Waals surface area contributed by atoms with E-state index in [2.05, 4.69) is 25.3 Å². The van der Waals surface area contributed by atoms with Crippen molar-refractivity contribution >= 4 is 23.6 Å². The maximum absolute atomic E-state index is 12.7. The molecule has 3 aromatic rings. The Bertz CT molecular complexity index is 972. The minimum Gasteiger partial charge on any atom is -0.465 e. The van der Waals surface area contributed by atoms with E-state index in [0.717, 1.165) is 18.5 Å². The first-order valence-electron chi connectivity index (χ1n) is 9.10. The second kappa shape index (κ2) is 7.99. The van der Waals surface area contributed by atoms with Gasteiger partial charge in [0.2, 0.25) is 5.91 Å². The van der Waals surface area contributed by atoms with Crippen molar-refractivity contribution < 1.29 is 9.21 Å². The molecule has 3 aromatic heterocycles. The van der Waals surface area contributed by atoms with Gasteiger partial charge in [-0.1, -0.05) is 0 Å². The molecular weight excluding hydrogens is 356 g/mol. The number of aromatic nitrogens is 4. The maximum atomic E-state index is 12.7. The standard InChI is InChI=1S/C20H20N6O2/c1-14-23-16(12-18(24-14)25-19-13-21-8-9-22-19)17-5-2-10-26(17)20(27)7-6-15-4-3-11-28-15/h3-4,6-9,11-13,17H,2,5,10H2,1H3,(H,22,23,24,25). The van der Waals surface area contributed by atoms with Crippen LogP contribution < -0.4 is 5.32 Å². The minimum absolute atomic E-state index is 0.0569. The lowest BCUT2D eigenvalue weighted by Gasteiger charge is -2.23. The molecule has 1 unspecified atom stereocenters. The lowest BCUT2D eigenvalue weighted by Crippen LogP contribution is -2.29. The molecule has 0 spiro atoms. The average molecular weight is 376 g/mol. The first-order chi connectivity index (χ1) is 13.7. The van der Waals surface area contributed by atoms with E-state index in [-0.39, 0.29) is 11.9 Å². The molecule has 28 heavy (non-hydrogen) atoms.